The van der Waals surface area contributed by atoms with Gasteiger partial charge in [-0.1, -0.05) is 6.92 Å². The first kappa shape index (κ1) is 30.0. The average Bonchev–Trinajstić information content (AvgIpc) is 2.74. The normalized spacial score (nSPS) is 26.5. The van der Waals surface area contributed by atoms with Crippen molar-refractivity contribution in [3.63, 3.8) is 0 Å². The molecule has 7 N–H and O–H groups in total. The molecule has 0 unspecified atom stereocenters. The number of rotatable bonds is 12. The first-order valence-corrected chi connectivity index (χ1v) is 10.9. The third-order valence-electron chi connectivity index (χ3n) is 5.02. The van der Waals surface area contributed by atoms with Crippen LogP contribution in [0.15, 0.2) is 0 Å². The Balaban J connectivity index is 3.27. The fourth-order valence-corrected chi connectivity index (χ4v) is 3.45. The molecule has 0 spiro atoms. The van der Waals surface area contributed by atoms with Crippen molar-refractivity contribution < 1.29 is 58.6 Å². The van der Waals surface area contributed by atoms with Crippen molar-refractivity contribution in [2.24, 2.45) is 0 Å². The van der Waals surface area contributed by atoms with Crippen LogP contribution in [0.2, 0.25) is 0 Å². The van der Waals surface area contributed by atoms with Gasteiger partial charge >= 0.3 is 18.0 Å². The molecular formula is C20H33N3O12. The lowest BCUT2D eigenvalue weighted by atomic mass is 9.87. The zero-order valence-corrected chi connectivity index (χ0v) is 19.8. The van der Waals surface area contributed by atoms with Gasteiger partial charge in [0.15, 0.2) is 6.04 Å². The summed E-state index contributed by atoms with van der Waals surface area (Å²) in [4.78, 5) is 58.9. The van der Waals surface area contributed by atoms with Crippen molar-refractivity contribution in [3.05, 3.63) is 0 Å². The fraction of sp³-hybridized carbons (Fsp3) is 0.750. The van der Waals surface area contributed by atoms with Crippen LogP contribution in [0.4, 0.5) is 4.79 Å². The SMILES string of the molecule is CCCOC(=O)N[C@@H](CO[C@@]1(C(=O)O)C[C@H](O)[C@H](NC(C)=O)[C@H]([C@@H](NC(C)=O)[C@H](C)O)O1)C(=O)O. The molecule has 15 heteroatoms. The summed E-state index contributed by atoms with van der Waals surface area (Å²) in [5, 5.41) is 47.0. The number of aliphatic carboxylic acids is 2. The monoisotopic (exact) mass is 507 g/mol. The van der Waals surface area contributed by atoms with Gasteiger partial charge in [0, 0.05) is 20.3 Å². The van der Waals surface area contributed by atoms with Crippen LogP contribution in [0.1, 0.15) is 40.5 Å². The highest BCUT2D eigenvalue weighted by Crippen LogP contribution is 2.33. The van der Waals surface area contributed by atoms with E-state index in [9.17, 15) is 44.4 Å². The van der Waals surface area contributed by atoms with Crippen LogP contribution in [-0.4, -0.2) is 106 Å². The van der Waals surface area contributed by atoms with Crippen LogP contribution < -0.4 is 16.0 Å². The minimum atomic E-state index is -2.66. The lowest BCUT2D eigenvalue weighted by molar-refractivity contribution is -0.302. The topological polar surface area (TPSA) is 230 Å². The van der Waals surface area contributed by atoms with E-state index in [1.165, 1.54) is 6.92 Å². The third kappa shape index (κ3) is 8.61. The summed E-state index contributed by atoms with van der Waals surface area (Å²) in [5.74, 6) is -7.22. The molecule has 1 fully saturated rings. The number of hydrogen-bond donors (Lipinski definition) is 7. The molecule has 0 aromatic rings. The van der Waals surface area contributed by atoms with Gasteiger partial charge < -0.3 is 50.6 Å². The summed E-state index contributed by atoms with van der Waals surface area (Å²) >= 11 is 0. The standard InChI is InChI=1S/C20H33N3O12/c1-5-6-33-19(32)23-12(17(28)29)8-34-20(18(30)31)7-13(27)15(22-11(4)26)16(35-20)14(9(2)24)21-10(3)25/h9,12-16,24,27H,5-8H2,1-4H3,(H,21,25)(H,22,26)(H,23,32)(H,28,29)(H,30,31)/t9-,12-,13-,14-,15-,16-,20-/m0/s1. The second kappa shape index (κ2) is 13.2. The number of nitrogens with one attached hydrogen (secondary N) is 3. The van der Waals surface area contributed by atoms with Gasteiger partial charge in [0.1, 0.15) is 6.10 Å². The highest BCUT2D eigenvalue weighted by Gasteiger charge is 2.56. The number of aliphatic hydroxyl groups excluding tert-OH is 2. The number of aliphatic hydroxyl groups is 2. The third-order valence-corrected chi connectivity index (χ3v) is 5.02. The van der Waals surface area contributed by atoms with Crippen molar-refractivity contribution in [3.8, 4) is 0 Å². The number of ether oxygens (including phenoxy) is 3. The van der Waals surface area contributed by atoms with Gasteiger partial charge in [0.2, 0.25) is 11.8 Å². The van der Waals surface area contributed by atoms with Crippen LogP contribution in [-0.2, 0) is 33.4 Å². The summed E-state index contributed by atoms with van der Waals surface area (Å²) in [6.07, 6.45) is -5.82. The molecule has 15 nitrogen and oxygen atoms in total. The molecule has 0 bridgehead atoms. The molecule has 35 heavy (non-hydrogen) atoms. The minimum Gasteiger partial charge on any atom is -0.480 e. The van der Waals surface area contributed by atoms with E-state index in [0.717, 1.165) is 13.8 Å². The maximum Gasteiger partial charge on any atom is 0.407 e. The molecule has 200 valence electrons. The molecule has 7 atom stereocenters. The average molecular weight is 507 g/mol. The Hall–Kier alpha value is -3.01. The highest BCUT2D eigenvalue weighted by atomic mass is 16.7. The van der Waals surface area contributed by atoms with Gasteiger partial charge in [-0.25, -0.2) is 14.4 Å². The number of carboxylic acids is 2. The molecule has 0 radical (unpaired) electrons. The van der Waals surface area contributed by atoms with Gasteiger partial charge in [-0.05, 0) is 13.3 Å². The second-order valence-electron chi connectivity index (χ2n) is 8.09. The second-order valence-corrected chi connectivity index (χ2v) is 8.09. The summed E-state index contributed by atoms with van der Waals surface area (Å²) in [6.45, 7) is 4.36. The van der Waals surface area contributed by atoms with Gasteiger partial charge in [0.25, 0.3) is 5.79 Å². The number of hydrogen-bond acceptors (Lipinski definition) is 10. The predicted molar refractivity (Wildman–Crippen MR) is 115 cm³/mol. The number of carbonyl (C=O) groups is 5. The number of alkyl carbamates (subject to hydrolysis) is 1. The van der Waals surface area contributed by atoms with Gasteiger partial charge in [-0.3, -0.25) is 9.59 Å². The molecular weight excluding hydrogens is 474 g/mol. The summed E-state index contributed by atoms with van der Waals surface area (Å²) < 4.78 is 15.7. The maximum atomic E-state index is 12.2. The highest BCUT2D eigenvalue weighted by molar-refractivity contribution is 5.80. The molecule has 1 heterocycles. The van der Waals surface area contributed by atoms with Crippen LogP contribution in [0.5, 0.6) is 0 Å². The maximum absolute atomic E-state index is 12.2. The van der Waals surface area contributed by atoms with Crippen LogP contribution >= 0.6 is 0 Å². The van der Waals surface area contributed by atoms with E-state index in [2.05, 4.69) is 10.6 Å². The van der Waals surface area contributed by atoms with Crippen molar-refractivity contribution in [2.75, 3.05) is 13.2 Å². The molecule has 0 aromatic carbocycles. The number of amides is 3. The molecule has 1 saturated heterocycles. The van der Waals surface area contributed by atoms with Crippen molar-refractivity contribution in [2.45, 2.75) is 82.8 Å². The van der Waals surface area contributed by atoms with E-state index < -0.39 is 85.1 Å². The molecule has 1 aliphatic rings. The van der Waals surface area contributed by atoms with Crippen molar-refractivity contribution >= 4 is 29.8 Å². The summed E-state index contributed by atoms with van der Waals surface area (Å²) in [7, 11) is 0. The molecule has 0 aliphatic carbocycles. The van der Waals surface area contributed by atoms with Crippen LogP contribution in [0.25, 0.3) is 0 Å². The first-order valence-electron chi connectivity index (χ1n) is 10.9. The Morgan fingerprint density at radius 1 is 1.11 bits per heavy atom. The molecule has 3 amide bonds. The van der Waals surface area contributed by atoms with E-state index >= 15 is 0 Å². The summed E-state index contributed by atoms with van der Waals surface area (Å²) in [5.41, 5.74) is 0. The lowest BCUT2D eigenvalue weighted by Crippen LogP contribution is -2.70. The number of carboxylic acid groups (broad SMARTS) is 2. The molecule has 1 aliphatic heterocycles. The largest absolute Gasteiger partial charge is 0.480 e. The van der Waals surface area contributed by atoms with E-state index in [1.807, 2.05) is 5.32 Å². The first-order chi connectivity index (χ1) is 16.2. The molecule has 1 rings (SSSR count). The predicted octanol–water partition coefficient (Wildman–Crippen LogP) is -2.09. The number of carbonyl (C=O) groups excluding carboxylic acids is 3. The van der Waals surface area contributed by atoms with E-state index in [0.29, 0.717) is 6.42 Å². The smallest absolute Gasteiger partial charge is 0.407 e. The van der Waals surface area contributed by atoms with Gasteiger partial charge in [-0.2, -0.15) is 0 Å². The van der Waals surface area contributed by atoms with E-state index in [4.69, 9.17) is 14.2 Å². The molecule has 0 saturated carbocycles. The summed E-state index contributed by atoms with van der Waals surface area (Å²) in [6, 6.07) is -4.32. The zero-order valence-electron chi connectivity index (χ0n) is 19.8. The van der Waals surface area contributed by atoms with Crippen molar-refractivity contribution in [1.29, 1.82) is 0 Å². The van der Waals surface area contributed by atoms with Crippen molar-refractivity contribution in [1.82, 2.24) is 16.0 Å². The van der Waals surface area contributed by atoms with E-state index in [-0.39, 0.29) is 6.61 Å². The molecule has 0 aromatic heterocycles. The van der Waals surface area contributed by atoms with Crippen LogP contribution in [0.3, 0.4) is 0 Å². The fourth-order valence-electron chi connectivity index (χ4n) is 3.45. The zero-order chi connectivity index (χ0) is 26.9. The Bertz CT molecular complexity index is 773. The Kier molecular flexibility index (Phi) is 11.3. The van der Waals surface area contributed by atoms with Crippen LogP contribution in [0, 0.1) is 0 Å². The van der Waals surface area contributed by atoms with Gasteiger partial charge in [-0.15, -0.1) is 0 Å². The van der Waals surface area contributed by atoms with Gasteiger partial charge in [0.05, 0.1) is 37.5 Å². The minimum absolute atomic E-state index is 0.0174. The van der Waals surface area contributed by atoms with E-state index in [1.54, 1.807) is 6.92 Å². The quantitative estimate of drug-likeness (QED) is 0.151. The Morgan fingerprint density at radius 2 is 1.74 bits per heavy atom. The Morgan fingerprint density at radius 3 is 2.20 bits per heavy atom. The lowest BCUT2D eigenvalue weighted by Gasteiger charge is -2.47. The Labute approximate surface area is 201 Å².